The summed E-state index contributed by atoms with van der Waals surface area (Å²) in [6.07, 6.45) is 16.6. The summed E-state index contributed by atoms with van der Waals surface area (Å²) >= 11 is 0. The molecule has 2 aliphatic carbocycles. The van der Waals surface area contributed by atoms with E-state index in [1.54, 1.807) is 0 Å². The highest BCUT2D eigenvalue weighted by Crippen LogP contribution is 2.25. The normalized spacial score (nSPS) is 38.5. The first-order valence-electron chi connectivity index (χ1n) is 5.09. The van der Waals surface area contributed by atoms with Crippen LogP contribution >= 0.6 is 0 Å². The minimum Gasteiger partial charge on any atom is -0.332 e. The van der Waals surface area contributed by atoms with Gasteiger partial charge in [0.15, 0.2) is 0 Å². The Balaban J connectivity index is 2.08. The van der Waals surface area contributed by atoms with Gasteiger partial charge in [-0.1, -0.05) is 36.5 Å². The summed E-state index contributed by atoms with van der Waals surface area (Å²) in [7, 11) is 0. The first-order chi connectivity index (χ1) is 7.12. The van der Waals surface area contributed by atoms with E-state index in [9.17, 15) is 0 Å². The quantitative estimate of drug-likeness (QED) is 0.667. The second kappa shape index (κ2) is 3.77. The third-order valence-corrected chi connectivity index (χ3v) is 2.50. The van der Waals surface area contributed by atoms with Crippen molar-refractivity contribution in [2.75, 3.05) is 0 Å². The van der Waals surface area contributed by atoms with Gasteiger partial charge in [0.25, 0.3) is 0 Å². The highest BCUT2D eigenvalue weighted by molar-refractivity contribution is 5.21. The minimum atomic E-state index is -0.779. The Hall–Kier alpha value is -1.16. The number of nitrogens with two attached hydrogens (primary N) is 2. The third-order valence-electron chi connectivity index (χ3n) is 2.50. The van der Waals surface area contributed by atoms with Crippen molar-refractivity contribution in [2.45, 2.75) is 24.3 Å². The average molecular weight is 204 g/mol. The van der Waals surface area contributed by atoms with Crippen LogP contribution in [-0.2, 0) is 4.74 Å². The van der Waals surface area contributed by atoms with E-state index in [2.05, 4.69) is 0 Å². The van der Waals surface area contributed by atoms with E-state index >= 15 is 0 Å². The standard InChI is InChI=1S/C12H16N2O/c13-11(7-3-1-4-8-11)15-12(14)9-5-2-6-10-12/h1-7,9H,8,10,13-14H2. The number of hydrogen-bond acceptors (Lipinski definition) is 3. The molecule has 15 heavy (non-hydrogen) atoms. The van der Waals surface area contributed by atoms with Crippen LogP contribution in [0.5, 0.6) is 0 Å². The topological polar surface area (TPSA) is 61.3 Å². The Morgan fingerprint density at radius 1 is 0.800 bits per heavy atom. The summed E-state index contributed by atoms with van der Waals surface area (Å²) in [5.41, 5.74) is 10.6. The van der Waals surface area contributed by atoms with Crippen LogP contribution in [0.1, 0.15) is 12.8 Å². The smallest absolute Gasteiger partial charge is 0.142 e. The van der Waals surface area contributed by atoms with Gasteiger partial charge in [-0.25, -0.2) is 0 Å². The molecule has 2 atom stereocenters. The molecule has 0 aliphatic heterocycles. The maximum atomic E-state index is 6.08. The zero-order chi connectivity index (χ0) is 10.8. The van der Waals surface area contributed by atoms with Gasteiger partial charge in [0.1, 0.15) is 11.4 Å². The van der Waals surface area contributed by atoms with Crippen LogP contribution < -0.4 is 11.5 Å². The Bertz CT molecular complexity index is 323. The minimum absolute atomic E-state index is 0.653. The molecule has 3 nitrogen and oxygen atoms in total. The van der Waals surface area contributed by atoms with E-state index in [4.69, 9.17) is 16.2 Å². The Labute approximate surface area is 89.8 Å². The van der Waals surface area contributed by atoms with Crippen molar-refractivity contribution in [3.05, 3.63) is 48.6 Å². The lowest BCUT2D eigenvalue weighted by molar-refractivity contribution is -0.0999. The molecule has 0 radical (unpaired) electrons. The summed E-state index contributed by atoms with van der Waals surface area (Å²) in [5.74, 6) is 0. The molecular weight excluding hydrogens is 188 g/mol. The van der Waals surface area contributed by atoms with Crippen LogP contribution in [0, 0.1) is 0 Å². The summed E-state index contributed by atoms with van der Waals surface area (Å²) in [5, 5.41) is 0. The Morgan fingerprint density at radius 3 is 1.60 bits per heavy atom. The van der Waals surface area contributed by atoms with Crippen LogP contribution in [0.3, 0.4) is 0 Å². The van der Waals surface area contributed by atoms with Crippen molar-refractivity contribution >= 4 is 0 Å². The maximum absolute atomic E-state index is 6.08. The van der Waals surface area contributed by atoms with Crippen LogP contribution in [-0.4, -0.2) is 11.4 Å². The first-order valence-corrected chi connectivity index (χ1v) is 5.09. The van der Waals surface area contributed by atoms with E-state index in [0.717, 1.165) is 0 Å². The van der Waals surface area contributed by atoms with Crippen molar-refractivity contribution < 1.29 is 4.74 Å². The summed E-state index contributed by atoms with van der Waals surface area (Å²) in [6.45, 7) is 0. The molecule has 4 N–H and O–H groups in total. The molecular formula is C12H16N2O. The zero-order valence-electron chi connectivity index (χ0n) is 8.60. The molecule has 0 aromatic carbocycles. The van der Waals surface area contributed by atoms with Gasteiger partial charge >= 0.3 is 0 Å². The van der Waals surface area contributed by atoms with Crippen LogP contribution in [0.15, 0.2) is 48.6 Å². The molecule has 0 aromatic heterocycles. The lowest BCUT2D eigenvalue weighted by Crippen LogP contribution is -2.53. The number of allylic oxidation sites excluding steroid dienone is 4. The van der Waals surface area contributed by atoms with E-state index < -0.39 is 11.4 Å². The monoisotopic (exact) mass is 204 g/mol. The molecule has 0 heterocycles. The molecule has 2 unspecified atom stereocenters. The fourth-order valence-electron chi connectivity index (χ4n) is 1.74. The second-order valence-electron chi connectivity index (χ2n) is 3.99. The van der Waals surface area contributed by atoms with Gasteiger partial charge in [-0.2, -0.15) is 0 Å². The molecule has 0 amide bonds. The van der Waals surface area contributed by atoms with Gasteiger partial charge in [-0.05, 0) is 12.2 Å². The van der Waals surface area contributed by atoms with Crippen molar-refractivity contribution in [3.8, 4) is 0 Å². The predicted octanol–water partition coefficient (Wildman–Crippen LogP) is 1.35. The second-order valence-corrected chi connectivity index (χ2v) is 3.99. The fraction of sp³-hybridized carbons (Fsp3) is 0.333. The molecule has 0 saturated carbocycles. The van der Waals surface area contributed by atoms with Crippen LogP contribution in [0.4, 0.5) is 0 Å². The number of hydrogen-bond donors (Lipinski definition) is 2. The molecule has 0 fully saturated rings. The molecule has 2 rings (SSSR count). The molecule has 0 saturated heterocycles. The SMILES string of the molecule is NC1(OC2(N)C=CC=CC2)C=CC=CC1. The average Bonchev–Trinajstić information content (AvgIpc) is 2.18. The largest absolute Gasteiger partial charge is 0.332 e. The summed E-state index contributed by atoms with van der Waals surface area (Å²) in [4.78, 5) is 0. The van der Waals surface area contributed by atoms with Gasteiger partial charge in [0.2, 0.25) is 0 Å². The molecule has 0 bridgehead atoms. The molecule has 0 spiro atoms. The van der Waals surface area contributed by atoms with Crippen molar-refractivity contribution in [3.63, 3.8) is 0 Å². The van der Waals surface area contributed by atoms with Crippen molar-refractivity contribution in [2.24, 2.45) is 11.5 Å². The van der Waals surface area contributed by atoms with E-state index in [0.29, 0.717) is 12.8 Å². The van der Waals surface area contributed by atoms with Crippen LogP contribution in [0.2, 0.25) is 0 Å². The van der Waals surface area contributed by atoms with Crippen molar-refractivity contribution in [1.82, 2.24) is 0 Å². The maximum Gasteiger partial charge on any atom is 0.142 e. The first kappa shape index (κ1) is 10.4. The highest BCUT2D eigenvalue weighted by atomic mass is 16.5. The Kier molecular flexibility index (Phi) is 2.61. The molecule has 3 heteroatoms. The third kappa shape index (κ3) is 2.45. The Morgan fingerprint density at radius 2 is 1.27 bits per heavy atom. The molecule has 2 aliphatic rings. The van der Waals surface area contributed by atoms with Gasteiger partial charge in [0.05, 0.1) is 0 Å². The number of ether oxygens (including phenoxy) is 1. The lowest BCUT2D eigenvalue weighted by Gasteiger charge is -2.37. The van der Waals surface area contributed by atoms with E-state index in [1.165, 1.54) is 0 Å². The summed E-state index contributed by atoms with van der Waals surface area (Å²) < 4.78 is 5.79. The van der Waals surface area contributed by atoms with E-state index in [-0.39, 0.29) is 0 Å². The van der Waals surface area contributed by atoms with Crippen molar-refractivity contribution in [1.29, 1.82) is 0 Å². The summed E-state index contributed by atoms with van der Waals surface area (Å²) in [6, 6.07) is 0. The fourth-order valence-corrected chi connectivity index (χ4v) is 1.74. The lowest BCUT2D eigenvalue weighted by atomic mass is 10.0. The van der Waals surface area contributed by atoms with E-state index in [1.807, 2.05) is 48.6 Å². The van der Waals surface area contributed by atoms with Gasteiger partial charge < -0.3 is 4.74 Å². The highest BCUT2D eigenvalue weighted by Gasteiger charge is 2.33. The van der Waals surface area contributed by atoms with Gasteiger partial charge in [0, 0.05) is 12.8 Å². The number of rotatable bonds is 2. The van der Waals surface area contributed by atoms with Crippen LogP contribution in [0.25, 0.3) is 0 Å². The predicted molar refractivity (Wildman–Crippen MR) is 60.7 cm³/mol. The molecule has 80 valence electrons. The molecule has 0 aromatic rings. The van der Waals surface area contributed by atoms with Gasteiger partial charge in [-0.15, -0.1) is 0 Å². The van der Waals surface area contributed by atoms with Gasteiger partial charge in [-0.3, -0.25) is 11.5 Å². The zero-order valence-corrected chi connectivity index (χ0v) is 8.60.